The van der Waals surface area contributed by atoms with E-state index >= 15 is 0 Å². The summed E-state index contributed by atoms with van der Waals surface area (Å²) < 4.78 is 5.38. The number of benzene rings is 1. The molecule has 2 aromatic heterocycles. The first-order valence-electron chi connectivity index (χ1n) is 7.84. The highest BCUT2D eigenvalue weighted by molar-refractivity contribution is 7.15. The van der Waals surface area contributed by atoms with E-state index in [0.29, 0.717) is 12.3 Å². The van der Waals surface area contributed by atoms with Crippen LogP contribution < -0.4 is 10.2 Å². The lowest BCUT2D eigenvalue weighted by Crippen LogP contribution is -2.17. The minimum Gasteiger partial charge on any atom is -0.494 e. The Morgan fingerprint density at radius 3 is 2.80 bits per heavy atom. The molecule has 0 unspecified atom stereocenters. The number of H-pyrrole nitrogens is 1. The molecule has 0 saturated heterocycles. The summed E-state index contributed by atoms with van der Waals surface area (Å²) >= 11 is 1.64. The van der Waals surface area contributed by atoms with Crippen molar-refractivity contribution in [1.29, 1.82) is 0 Å². The molecule has 3 aromatic rings. The van der Waals surface area contributed by atoms with Crippen LogP contribution >= 0.6 is 11.3 Å². The number of aromatic nitrogens is 2. The summed E-state index contributed by atoms with van der Waals surface area (Å²) in [6.07, 6.45) is 1.57. The second kappa shape index (κ2) is 7.76. The molecule has 0 radical (unpaired) electrons. The van der Waals surface area contributed by atoms with E-state index in [1.165, 1.54) is 4.88 Å². The average molecular weight is 354 g/mol. The molecule has 0 aliphatic rings. The van der Waals surface area contributed by atoms with Crippen LogP contribution in [-0.2, 0) is 0 Å². The highest BCUT2D eigenvalue weighted by Gasteiger charge is 2.11. The van der Waals surface area contributed by atoms with E-state index in [4.69, 9.17) is 4.74 Å². The van der Waals surface area contributed by atoms with E-state index in [0.717, 1.165) is 21.9 Å². The predicted octanol–water partition coefficient (Wildman–Crippen LogP) is 3.61. The molecule has 0 fully saturated rings. The highest BCUT2D eigenvalue weighted by Crippen LogP contribution is 2.26. The van der Waals surface area contributed by atoms with Gasteiger partial charge in [0.2, 0.25) is 0 Å². The summed E-state index contributed by atoms with van der Waals surface area (Å²) in [6, 6.07) is 13.2. The number of aryl methyl sites for hydroxylation is 1. The Labute approximate surface area is 149 Å². The van der Waals surface area contributed by atoms with E-state index in [1.54, 1.807) is 23.6 Å². The van der Waals surface area contributed by atoms with Gasteiger partial charge in [-0.05, 0) is 61.9 Å². The fourth-order valence-electron chi connectivity index (χ4n) is 2.18. The van der Waals surface area contributed by atoms with Crippen LogP contribution in [-0.4, -0.2) is 28.9 Å². The van der Waals surface area contributed by atoms with E-state index in [9.17, 15) is 4.79 Å². The third-order valence-electron chi connectivity index (χ3n) is 3.39. The van der Waals surface area contributed by atoms with Crippen LogP contribution in [0.2, 0.25) is 0 Å². The van der Waals surface area contributed by atoms with Gasteiger partial charge in [0.05, 0.1) is 23.4 Å². The second-order valence-electron chi connectivity index (χ2n) is 5.28. The molecule has 0 saturated carbocycles. The van der Waals surface area contributed by atoms with E-state index in [1.807, 2.05) is 50.2 Å². The molecular weight excluding hydrogens is 336 g/mol. The zero-order chi connectivity index (χ0) is 17.6. The van der Waals surface area contributed by atoms with Crippen molar-refractivity contribution in [3.05, 3.63) is 58.6 Å². The van der Waals surface area contributed by atoms with Crippen molar-refractivity contribution in [2.75, 3.05) is 6.61 Å². The van der Waals surface area contributed by atoms with Gasteiger partial charge in [0.15, 0.2) is 5.69 Å². The largest absolute Gasteiger partial charge is 0.494 e. The Morgan fingerprint density at radius 1 is 1.32 bits per heavy atom. The number of carbonyl (C=O) groups is 1. The number of nitrogens with one attached hydrogen (secondary N) is 2. The molecule has 0 atom stereocenters. The van der Waals surface area contributed by atoms with Crippen molar-refractivity contribution in [1.82, 2.24) is 15.6 Å². The van der Waals surface area contributed by atoms with Gasteiger partial charge < -0.3 is 4.74 Å². The predicted molar refractivity (Wildman–Crippen MR) is 99.3 cm³/mol. The number of aromatic amines is 1. The lowest BCUT2D eigenvalue weighted by atomic mass is 10.2. The number of amides is 1. The lowest BCUT2D eigenvalue weighted by Gasteiger charge is -2.02. The molecular formula is C18H18N4O2S. The van der Waals surface area contributed by atoms with Gasteiger partial charge in [-0.25, -0.2) is 5.43 Å². The maximum Gasteiger partial charge on any atom is 0.291 e. The van der Waals surface area contributed by atoms with Crippen LogP contribution in [0.15, 0.2) is 47.6 Å². The maximum atomic E-state index is 12.1. The summed E-state index contributed by atoms with van der Waals surface area (Å²) in [7, 11) is 0. The summed E-state index contributed by atoms with van der Waals surface area (Å²) in [5.41, 5.74) is 4.45. The highest BCUT2D eigenvalue weighted by atomic mass is 32.1. The van der Waals surface area contributed by atoms with Gasteiger partial charge in [-0.15, -0.1) is 11.3 Å². The zero-order valence-corrected chi connectivity index (χ0v) is 14.8. The van der Waals surface area contributed by atoms with Crippen molar-refractivity contribution in [2.24, 2.45) is 5.10 Å². The minimum absolute atomic E-state index is 0.296. The summed E-state index contributed by atoms with van der Waals surface area (Å²) in [5.74, 6) is 0.439. The quantitative estimate of drug-likeness (QED) is 0.524. The SMILES string of the molecule is CCOc1ccc(C=NNC(=O)c2cc(-c3ccc(C)s3)[nH]n2)cc1. The Hall–Kier alpha value is -2.93. The van der Waals surface area contributed by atoms with Crippen LogP contribution in [0.1, 0.15) is 27.9 Å². The topological polar surface area (TPSA) is 79.4 Å². The van der Waals surface area contributed by atoms with E-state index in [2.05, 4.69) is 20.7 Å². The molecule has 6 nitrogen and oxygen atoms in total. The Kier molecular flexibility index (Phi) is 5.25. The van der Waals surface area contributed by atoms with Crippen molar-refractivity contribution in [2.45, 2.75) is 13.8 Å². The number of hydrogen-bond donors (Lipinski definition) is 2. The lowest BCUT2D eigenvalue weighted by molar-refractivity contribution is 0.0950. The summed E-state index contributed by atoms with van der Waals surface area (Å²) in [6.45, 7) is 4.60. The molecule has 1 amide bonds. The van der Waals surface area contributed by atoms with Crippen LogP contribution in [0.3, 0.4) is 0 Å². The molecule has 128 valence electrons. The molecule has 0 aliphatic heterocycles. The first-order valence-corrected chi connectivity index (χ1v) is 8.66. The number of rotatable bonds is 6. The fraction of sp³-hybridized carbons (Fsp3) is 0.167. The number of hydrogen-bond acceptors (Lipinski definition) is 5. The van der Waals surface area contributed by atoms with Crippen LogP contribution in [0.25, 0.3) is 10.6 Å². The number of hydrazone groups is 1. The maximum absolute atomic E-state index is 12.1. The van der Waals surface area contributed by atoms with Crippen molar-refractivity contribution >= 4 is 23.5 Å². The molecule has 1 aromatic carbocycles. The van der Waals surface area contributed by atoms with Gasteiger partial charge >= 0.3 is 0 Å². The third kappa shape index (κ3) is 4.33. The van der Waals surface area contributed by atoms with Crippen LogP contribution in [0.5, 0.6) is 5.75 Å². The molecule has 2 heterocycles. The summed E-state index contributed by atoms with van der Waals surface area (Å²) in [4.78, 5) is 14.3. The third-order valence-corrected chi connectivity index (χ3v) is 4.42. The first-order chi connectivity index (χ1) is 12.2. The van der Waals surface area contributed by atoms with Crippen LogP contribution in [0.4, 0.5) is 0 Å². The number of ether oxygens (including phenoxy) is 1. The van der Waals surface area contributed by atoms with Gasteiger partial charge in [0.1, 0.15) is 5.75 Å². The van der Waals surface area contributed by atoms with E-state index < -0.39 is 0 Å². The molecule has 2 N–H and O–H groups in total. The fourth-order valence-corrected chi connectivity index (χ4v) is 3.02. The molecule has 7 heteroatoms. The zero-order valence-electron chi connectivity index (χ0n) is 13.9. The van der Waals surface area contributed by atoms with Gasteiger partial charge in [-0.1, -0.05) is 0 Å². The van der Waals surface area contributed by atoms with Gasteiger partial charge in [-0.2, -0.15) is 10.2 Å². The standard InChI is InChI=1S/C18H18N4O2S/c1-3-24-14-7-5-13(6-8-14)11-19-22-18(23)16-10-15(20-21-16)17-9-4-12(2)25-17/h4-11H,3H2,1-2H3,(H,20,21)(H,22,23). The number of nitrogens with zero attached hydrogens (tertiary/aromatic N) is 2. The average Bonchev–Trinajstić information content (AvgIpc) is 3.25. The molecule has 25 heavy (non-hydrogen) atoms. The van der Waals surface area contributed by atoms with Crippen molar-refractivity contribution in [3.63, 3.8) is 0 Å². The molecule has 0 bridgehead atoms. The molecule has 0 spiro atoms. The van der Waals surface area contributed by atoms with Crippen molar-refractivity contribution in [3.8, 4) is 16.3 Å². The molecule has 3 rings (SSSR count). The van der Waals surface area contributed by atoms with Gasteiger partial charge in [0.25, 0.3) is 5.91 Å². The smallest absolute Gasteiger partial charge is 0.291 e. The summed E-state index contributed by atoms with van der Waals surface area (Å²) in [5, 5.41) is 10.9. The molecule has 0 aliphatic carbocycles. The van der Waals surface area contributed by atoms with Gasteiger partial charge in [-0.3, -0.25) is 9.89 Å². The Balaban J connectivity index is 1.59. The van der Waals surface area contributed by atoms with Crippen LogP contribution in [0, 0.1) is 6.92 Å². The monoisotopic (exact) mass is 354 g/mol. The van der Waals surface area contributed by atoms with Crippen molar-refractivity contribution < 1.29 is 9.53 Å². The van der Waals surface area contributed by atoms with E-state index in [-0.39, 0.29) is 5.91 Å². The normalized spacial score (nSPS) is 11.0. The van der Waals surface area contributed by atoms with Gasteiger partial charge in [0, 0.05) is 4.88 Å². The first kappa shape index (κ1) is 16.9. The Bertz CT molecular complexity index is 881. The second-order valence-corrected chi connectivity index (χ2v) is 6.57. The Morgan fingerprint density at radius 2 is 2.12 bits per heavy atom. The minimum atomic E-state index is -0.363. The number of thiophene rings is 1. The number of carbonyl (C=O) groups excluding carboxylic acids is 1.